The molecule has 0 amide bonds. The molecule has 0 saturated carbocycles. The van der Waals surface area contributed by atoms with Crippen LogP contribution in [0.15, 0.2) is 0 Å². The number of alkyl halides is 1. The van der Waals surface area contributed by atoms with Gasteiger partial charge in [0.05, 0.1) is 5.38 Å². The van der Waals surface area contributed by atoms with E-state index in [1.165, 1.54) is 0 Å². The van der Waals surface area contributed by atoms with E-state index in [0.717, 1.165) is 0 Å². The first-order chi connectivity index (χ1) is 2.27. The molecule has 0 aliphatic heterocycles. The average Bonchev–Trinajstić information content (AvgIpc) is 1.38. The Labute approximate surface area is 48.1 Å². The predicted molar refractivity (Wildman–Crippen MR) is 28.6 cm³/mol. The van der Waals surface area contributed by atoms with Crippen LogP contribution in [0, 0.1) is 0 Å². The molecule has 0 fully saturated rings. The van der Waals surface area contributed by atoms with Crippen molar-refractivity contribution >= 4 is 30.3 Å². The summed E-state index contributed by atoms with van der Waals surface area (Å²) in [5.41, 5.74) is 0. The maximum absolute atomic E-state index is 9.37. The van der Waals surface area contributed by atoms with E-state index in [1.807, 2.05) is 0 Å². The van der Waals surface area contributed by atoms with Crippen molar-refractivity contribution in [3.63, 3.8) is 0 Å². The zero-order valence-corrected chi connectivity index (χ0v) is 4.92. The Morgan fingerprint density at radius 2 is 2.00 bits per heavy atom. The van der Waals surface area contributed by atoms with Gasteiger partial charge in [-0.2, -0.15) is 0 Å². The highest BCUT2D eigenvalue weighted by Gasteiger charge is 1.83. The summed E-state index contributed by atoms with van der Waals surface area (Å²) in [6.45, 7) is 1.62. The molecule has 1 nitrogen and oxygen atoms in total. The Hall–Kier alpha value is 0.250. The highest BCUT2D eigenvalue weighted by Crippen LogP contribution is 1.82. The van der Waals surface area contributed by atoms with Gasteiger partial charge in [0.15, 0.2) is 0 Å². The number of rotatable bonds is 1. The first-order valence-electron chi connectivity index (χ1n) is 1.36. The molecule has 0 N–H and O–H groups in total. The fraction of sp³-hybridized carbons (Fsp3) is 0.667. The second-order valence-corrected chi connectivity index (χ2v) is 1.50. The number of hydrogen-bond acceptors (Lipinski definition) is 1. The zero-order valence-electron chi connectivity index (χ0n) is 3.35. The summed E-state index contributed by atoms with van der Waals surface area (Å²) in [4.78, 5) is 9.37. The zero-order chi connectivity index (χ0) is 4.28. The highest BCUT2D eigenvalue weighted by atomic mass is 35.5. The van der Waals surface area contributed by atoms with E-state index in [0.29, 0.717) is 6.29 Å². The Morgan fingerprint density at radius 1 is 1.83 bits per heavy atom. The monoisotopic (exact) mass is 128 g/mol. The van der Waals surface area contributed by atoms with Crippen molar-refractivity contribution in [1.29, 1.82) is 0 Å². The van der Waals surface area contributed by atoms with E-state index in [4.69, 9.17) is 11.6 Å². The summed E-state index contributed by atoms with van der Waals surface area (Å²) >= 11 is 5.09. The third-order valence-corrected chi connectivity index (χ3v) is 0.290. The third kappa shape index (κ3) is 8.87. The molecule has 0 aliphatic rings. The molecule has 0 saturated heterocycles. The molecule has 0 bridgehead atoms. The normalized spacial score (nSPS) is 11.7. The Morgan fingerprint density at radius 3 is 2.00 bits per heavy atom. The second kappa shape index (κ2) is 5.25. The number of aldehydes is 1. The van der Waals surface area contributed by atoms with Crippen LogP contribution in [0.1, 0.15) is 6.92 Å². The van der Waals surface area contributed by atoms with Gasteiger partial charge in [0.2, 0.25) is 0 Å². The van der Waals surface area contributed by atoms with Crippen molar-refractivity contribution in [1.82, 2.24) is 0 Å². The van der Waals surface area contributed by atoms with E-state index in [1.54, 1.807) is 6.92 Å². The van der Waals surface area contributed by atoms with E-state index in [2.05, 4.69) is 0 Å². The third-order valence-electron chi connectivity index (χ3n) is 0.188. The molecule has 3 heteroatoms. The molecule has 0 aromatic heterocycles. The number of carbonyl (C=O) groups excluding carboxylic acids is 1. The van der Waals surface area contributed by atoms with Crippen molar-refractivity contribution < 1.29 is 4.79 Å². The Bertz CT molecular complexity index is 35.8. The molecule has 0 aromatic carbocycles. The van der Waals surface area contributed by atoms with Gasteiger partial charge in [-0.1, -0.05) is 0 Å². The van der Waals surface area contributed by atoms with Gasteiger partial charge in [-0.15, -0.1) is 24.0 Å². The maximum atomic E-state index is 9.37. The van der Waals surface area contributed by atoms with Crippen LogP contribution >= 0.6 is 24.0 Å². The molecule has 6 heavy (non-hydrogen) atoms. The lowest BCUT2D eigenvalue weighted by Gasteiger charge is -1.75. The summed E-state index contributed by atoms with van der Waals surface area (Å²) in [7, 11) is 0. The fourth-order valence-electron chi connectivity index (χ4n) is 0. The molecule has 1 unspecified atom stereocenters. The van der Waals surface area contributed by atoms with Crippen LogP contribution < -0.4 is 0 Å². The summed E-state index contributed by atoms with van der Waals surface area (Å²) in [6, 6.07) is 0. The van der Waals surface area contributed by atoms with Gasteiger partial charge < -0.3 is 4.79 Å². The average molecular weight is 129 g/mol. The van der Waals surface area contributed by atoms with E-state index in [9.17, 15) is 4.79 Å². The molecule has 0 rings (SSSR count). The topological polar surface area (TPSA) is 17.1 Å². The van der Waals surface area contributed by atoms with Crippen LogP contribution in [0.4, 0.5) is 0 Å². The van der Waals surface area contributed by atoms with Crippen LogP contribution in [0.25, 0.3) is 0 Å². The molecule has 1 atom stereocenters. The van der Waals surface area contributed by atoms with Gasteiger partial charge >= 0.3 is 0 Å². The van der Waals surface area contributed by atoms with Gasteiger partial charge in [0.1, 0.15) is 6.29 Å². The minimum atomic E-state index is -0.324. The van der Waals surface area contributed by atoms with Gasteiger partial charge in [0.25, 0.3) is 0 Å². The molecule has 0 radical (unpaired) electrons. The van der Waals surface area contributed by atoms with Crippen molar-refractivity contribution in [2.75, 3.05) is 0 Å². The molecule has 0 spiro atoms. The first-order valence-corrected chi connectivity index (χ1v) is 1.80. The lowest BCUT2D eigenvalue weighted by Crippen LogP contribution is -1.86. The number of hydrogen-bond donors (Lipinski definition) is 0. The van der Waals surface area contributed by atoms with Crippen molar-refractivity contribution in [2.24, 2.45) is 0 Å². The largest absolute Gasteiger partial charge is 0.302 e. The minimum absolute atomic E-state index is 0. The summed E-state index contributed by atoms with van der Waals surface area (Å²) in [6.07, 6.45) is 0.682. The quantitative estimate of drug-likeness (QED) is 0.384. The number of carbonyl (C=O) groups is 1. The SMILES string of the molecule is CC(Cl)C=O.Cl. The molecular formula is C3H6Cl2O. The summed E-state index contributed by atoms with van der Waals surface area (Å²) in [5, 5.41) is -0.324. The highest BCUT2D eigenvalue weighted by molar-refractivity contribution is 6.27. The van der Waals surface area contributed by atoms with Crippen LogP contribution in [-0.2, 0) is 4.79 Å². The second-order valence-electron chi connectivity index (χ2n) is 0.814. The number of halogens is 2. The van der Waals surface area contributed by atoms with Gasteiger partial charge in [0, 0.05) is 0 Å². The minimum Gasteiger partial charge on any atom is -0.302 e. The first kappa shape index (κ1) is 9.54. The van der Waals surface area contributed by atoms with Crippen molar-refractivity contribution in [2.45, 2.75) is 12.3 Å². The summed E-state index contributed by atoms with van der Waals surface area (Å²) < 4.78 is 0. The predicted octanol–water partition coefficient (Wildman–Crippen LogP) is 1.23. The smallest absolute Gasteiger partial charge is 0.137 e. The lowest BCUT2D eigenvalue weighted by atomic mass is 10.6. The van der Waals surface area contributed by atoms with E-state index < -0.39 is 0 Å². The molecule has 38 valence electrons. The molecule has 0 aromatic rings. The van der Waals surface area contributed by atoms with Gasteiger partial charge in [-0.05, 0) is 6.92 Å². The molecule has 0 heterocycles. The molecular weight excluding hydrogens is 123 g/mol. The van der Waals surface area contributed by atoms with Gasteiger partial charge in [-0.25, -0.2) is 0 Å². The standard InChI is InChI=1S/C3H5ClO.ClH/c1-3(4)2-5;/h2-3H,1H3;1H. The van der Waals surface area contributed by atoms with Crippen molar-refractivity contribution in [3.05, 3.63) is 0 Å². The summed E-state index contributed by atoms with van der Waals surface area (Å²) in [5.74, 6) is 0. The van der Waals surface area contributed by atoms with E-state index in [-0.39, 0.29) is 17.8 Å². The maximum Gasteiger partial charge on any atom is 0.137 e. The van der Waals surface area contributed by atoms with Crippen LogP contribution in [0.5, 0.6) is 0 Å². The van der Waals surface area contributed by atoms with Crippen LogP contribution in [0.2, 0.25) is 0 Å². The van der Waals surface area contributed by atoms with Crippen LogP contribution in [0.3, 0.4) is 0 Å². The molecule has 0 aliphatic carbocycles. The fourth-order valence-corrected chi connectivity index (χ4v) is 0. The van der Waals surface area contributed by atoms with Crippen molar-refractivity contribution in [3.8, 4) is 0 Å². The van der Waals surface area contributed by atoms with Gasteiger partial charge in [-0.3, -0.25) is 0 Å². The van der Waals surface area contributed by atoms with E-state index >= 15 is 0 Å². The Kier molecular flexibility index (Phi) is 8.35. The Balaban J connectivity index is 0. The van der Waals surface area contributed by atoms with Crippen LogP contribution in [-0.4, -0.2) is 11.7 Å². The lowest BCUT2D eigenvalue weighted by molar-refractivity contribution is -0.107.